The van der Waals surface area contributed by atoms with Gasteiger partial charge in [-0.2, -0.15) is 0 Å². The molecule has 0 unspecified atom stereocenters. The van der Waals surface area contributed by atoms with Crippen LogP contribution in [0.5, 0.6) is 5.75 Å². The zero-order valence-corrected chi connectivity index (χ0v) is 11.7. The third kappa shape index (κ3) is 2.70. The lowest BCUT2D eigenvalue weighted by Crippen LogP contribution is -2.27. The Kier molecular flexibility index (Phi) is 5.09. The van der Waals surface area contributed by atoms with Crippen LogP contribution in [0.25, 0.3) is 0 Å². The molecule has 1 aliphatic rings. The van der Waals surface area contributed by atoms with Gasteiger partial charge in [0.1, 0.15) is 5.75 Å². The predicted molar refractivity (Wildman–Crippen MR) is 72.2 cm³/mol. The Morgan fingerprint density at radius 3 is 2.62 bits per heavy atom. The van der Waals surface area contributed by atoms with Gasteiger partial charge in [-0.3, -0.25) is 0 Å². The largest absolute Gasteiger partial charge is 0.496 e. The number of methoxy groups -OCH3 is 1. The molecular weight excluding hydrogens is 289 g/mol. The van der Waals surface area contributed by atoms with E-state index in [1.807, 2.05) is 12.1 Å². The van der Waals surface area contributed by atoms with Crippen molar-refractivity contribution >= 4 is 28.3 Å². The first-order chi connectivity index (χ1) is 7.22. The van der Waals surface area contributed by atoms with Gasteiger partial charge in [-0.05, 0) is 37.0 Å². The van der Waals surface area contributed by atoms with Crippen molar-refractivity contribution in [1.29, 1.82) is 0 Å². The topological polar surface area (TPSA) is 35.2 Å². The van der Waals surface area contributed by atoms with Crippen LogP contribution in [0.4, 0.5) is 0 Å². The van der Waals surface area contributed by atoms with Crippen LogP contribution in [0.15, 0.2) is 22.7 Å². The summed E-state index contributed by atoms with van der Waals surface area (Å²) in [5, 5.41) is 0. The van der Waals surface area contributed by atoms with E-state index in [-0.39, 0.29) is 18.4 Å². The summed E-state index contributed by atoms with van der Waals surface area (Å²) in [6, 6.07) is 6.14. The van der Waals surface area contributed by atoms with E-state index in [1.54, 1.807) is 7.11 Å². The number of hydrogen-bond donors (Lipinski definition) is 1. The second kappa shape index (κ2) is 5.89. The molecule has 1 saturated carbocycles. The molecule has 0 aliphatic heterocycles. The van der Waals surface area contributed by atoms with Crippen LogP contribution >= 0.6 is 28.3 Å². The van der Waals surface area contributed by atoms with E-state index in [2.05, 4.69) is 22.0 Å². The molecule has 0 saturated heterocycles. The fraction of sp³-hybridized carbons (Fsp3) is 0.500. The molecule has 2 rings (SSSR count). The number of hydrogen-bond acceptors (Lipinski definition) is 2. The second-order valence-electron chi connectivity index (χ2n) is 4.10. The van der Waals surface area contributed by atoms with Crippen molar-refractivity contribution in [1.82, 2.24) is 0 Å². The first-order valence-electron chi connectivity index (χ1n) is 5.31. The van der Waals surface area contributed by atoms with Crippen LogP contribution in [0.1, 0.15) is 30.9 Å². The highest BCUT2D eigenvalue weighted by Gasteiger charge is 2.27. The van der Waals surface area contributed by atoms with Gasteiger partial charge in [0.25, 0.3) is 0 Å². The SMILES string of the molecule is COc1ccc(Br)cc1[C@H](N)C1CCC1.Cl. The summed E-state index contributed by atoms with van der Waals surface area (Å²) in [6.07, 6.45) is 3.81. The smallest absolute Gasteiger partial charge is 0.123 e. The molecule has 2 nitrogen and oxygen atoms in total. The Labute approximate surface area is 111 Å². The number of nitrogens with two attached hydrogens (primary N) is 1. The van der Waals surface area contributed by atoms with Crippen molar-refractivity contribution in [3.63, 3.8) is 0 Å². The molecule has 0 spiro atoms. The standard InChI is InChI=1S/C12H16BrNO.ClH/c1-15-11-6-5-9(13)7-10(11)12(14)8-3-2-4-8;/h5-8,12H,2-4,14H2,1H3;1H/t12-;/m1./s1. The summed E-state index contributed by atoms with van der Waals surface area (Å²) < 4.78 is 6.40. The lowest BCUT2D eigenvalue weighted by Gasteiger charge is -2.32. The summed E-state index contributed by atoms with van der Waals surface area (Å²) in [7, 11) is 1.69. The van der Waals surface area contributed by atoms with Gasteiger partial charge in [-0.15, -0.1) is 12.4 Å². The monoisotopic (exact) mass is 305 g/mol. The van der Waals surface area contributed by atoms with Crippen molar-refractivity contribution in [2.45, 2.75) is 25.3 Å². The summed E-state index contributed by atoms with van der Waals surface area (Å²) in [6.45, 7) is 0. The molecule has 16 heavy (non-hydrogen) atoms. The molecule has 0 heterocycles. The quantitative estimate of drug-likeness (QED) is 0.924. The van der Waals surface area contributed by atoms with Crippen molar-refractivity contribution in [2.75, 3.05) is 7.11 Å². The summed E-state index contributed by atoms with van der Waals surface area (Å²) in [5.41, 5.74) is 7.37. The van der Waals surface area contributed by atoms with E-state index < -0.39 is 0 Å². The third-order valence-electron chi connectivity index (χ3n) is 3.21. The Bertz CT molecular complexity index is 355. The van der Waals surface area contributed by atoms with Crippen LogP contribution in [0.2, 0.25) is 0 Å². The molecule has 1 fully saturated rings. The minimum atomic E-state index is 0. The summed E-state index contributed by atoms with van der Waals surface area (Å²) in [4.78, 5) is 0. The Morgan fingerprint density at radius 2 is 2.12 bits per heavy atom. The normalized spacial score (nSPS) is 17.2. The van der Waals surface area contributed by atoms with Gasteiger partial charge in [0, 0.05) is 16.1 Å². The maximum atomic E-state index is 6.24. The van der Waals surface area contributed by atoms with Gasteiger partial charge in [0.2, 0.25) is 0 Å². The molecule has 1 aliphatic carbocycles. The minimum absolute atomic E-state index is 0. The van der Waals surface area contributed by atoms with Crippen LogP contribution in [0, 0.1) is 5.92 Å². The maximum Gasteiger partial charge on any atom is 0.123 e. The van der Waals surface area contributed by atoms with Crippen LogP contribution in [-0.4, -0.2) is 7.11 Å². The molecule has 1 aromatic carbocycles. The Morgan fingerprint density at radius 1 is 1.44 bits per heavy atom. The fourth-order valence-corrected chi connectivity index (χ4v) is 2.40. The van der Waals surface area contributed by atoms with Crippen molar-refractivity contribution in [3.8, 4) is 5.75 Å². The number of ether oxygens (including phenoxy) is 1. The Balaban J connectivity index is 0.00000128. The predicted octanol–water partition coefficient (Wildman–Crippen LogP) is 3.68. The molecule has 90 valence electrons. The molecule has 0 bridgehead atoms. The highest BCUT2D eigenvalue weighted by atomic mass is 79.9. The lowest BCUT2D eigenvalue weighted by atomic mass is 9.77. The number of halogens is 2. The molecular formula is C12H17BrClNO. The van der Waals surface area contributed by atoms with E-state index in [0.29, 0.717) is 5.92 Å². The summed E-state index contributed by atoms with van der Waals surface area (Å²) >= 11 is 3.47. The first kappa shape index (κ1) is 13.8. The first-order valence-corrected chi connectivity index (χ1v) is 6.10. The number of rotatable bonds is 3. The van der Waals surface area contributed by atoms with E-state index in [4.69, 9.17) is 10.5 Å². The highest BCUT2D eigenvalue weighted by Crippen LogP contribution is 2.39. The Hall–Kier alpha value is -0.250. The fourth-order valence-electron chi connectivity index (χ4n) is 2.02. The highest BCUT2D eigenvalue weighted by molar-refractivity contribution is 9.10. The van der Waals surface area contributed by atoms with Crippen molar-refractivity contribution in [2.24, 2.45) is 11.7 Å². The van der Waals surface area contributed by atoms with Gasteiger partial charge >= 0.3 is 0 Å². The molecule has 0 radical (unpaired) electrons. The lowest BCUT2D eigenvalue weighted by molar-refractivity contribution is 0.259. The maximum absolute atomic E-state index is 6.24. The van der Waals surface area contributed by atoms with E-state index in [0.717, 1.165) is 15.8 Å². The van der Waals surface area contributed by atoms with Crippen LogP contribution < -0.4 is 10.5 Å². The van der Waals surface area contributed by atoms with Gasteiger partial charge in [-0.1, -0.05) is 22.4 Å². The van der Waals surface area contributed by atoms with Gasteiger partial charge in [0.15, 0.2) is 0 Å². The average Bonchev–Trinajstić information content (AvgIpc) is 2.15. The average molecular weight is 307 g/mol. The van der Waals surface area contributed by atoms with Gasteiger partial charge in [0.05, 0.1) is 7.11 Å². The molecule has 1 aromatic rings. The third-order valence-corrected chi connectivity index (χ3v) is 3.70. The molecule has 4 heteroatoms. The van der Waals surface area contributed by atoms with Gasteiger partial charge in [-0.25, -0.2) is 0 Å². The van der Waals surface area contributed by atoms with Crippen LogP contribution in [-0.2, 0) is 0 Å². The van der Waals surface area contributed by atoms with Gasteiger partial charge < -0.3 is 10.5 Å². The van der Waals surface area contributed by atoms with E-state index in [1.165, 1.54) is 19.3 Å². The molecule has 0 amide bonds. The zero-order valence-electron chi connectivity index (χ0n) is 9.28. The van der Waals surface area contributed by atoms with Crippen LogP contribution in [0.3, 0.4) is 0 Å². The zero-order chi connectivity index (χ0) is 10.8. The minimum Gasteiger partial charge on any atom is -0.496 e. The molecule has 1 atom stereocenters. The molecule has 0 aromatic heterocycles. The van der Waals surface area contributed by atoms with E-state index in [9.17, 15) is 0 Å². The second-order valence-corrected chi connectivity index (χ2v) is 5.02. The number of benzene rings is 1. The summed E-state index contributed by atoms with van der Waals surface area (Å²) in [5.74, 6) is 1.53. The molecule has 2 N–H and O–H groups in total. The van der Waals surface area contributed by atoms with Crippen molar-refractivity contribution in [3.05, 3.63) is 28.2 Å². The van der Waals surface area contributed by atoms with E-state index >= 15 is 0 Å². The van der Waals surface area contributed by atoms with Crippen molar-refractivity contribution < 1.29 is 4.74 Å².